The molecule has 8 saturated heterocycles. The Bertz CT molecular complexity index is 2910. The summed E-state index contributed by atoms with van der Waals surface area (Å²) >= 11 is 3.42. The zero-order valence-electron chi connectivity index (χ0n) is 79.1. The number of aliphatic hydroxyl groups excluding tert-OH is 1. The number of amides is 5. The number of carboxylic acids is 1. The van der Waals surface area contributed by atoms with Gasteiger partial charge in [0.2, 0.25) is 5.91 Å². The first-order valence-electron chi connectivity index (χ1n) is 43.7. The minimum Gasteiger partial charge on any atom is -1.00 e. The molecule has 0 unspecified atom stereocenters. The minimum atomic E-state index is -0.642. The number of hydrogen-bond acceptors (Lipinski definition) is 25. The van der Waals surface area contributed by atoms with Crippen LogP contribution in [0.3, 0.4) is 0 Å². The quantitative estimate of drug-likeness (QED) is 0.0212. The van der Waals surface area contributed by atoms with Crippen molar-refractivity contribution < 1.29 is 113 Å². The number of carbonyl (C=O) groups excluding carboxylic acids is 10. The summed E-state index contributed by atoms with van der Waals surface area (Å²) in [6.45, 7) is 40.2. The second kappa shape index (κ2) is 64.0. The Morgan fingerprint density at radius 3 is 1.11 bits per heavy atom. The first-order valence-corrected chi connectivity index (χ1v) is 44.9. The average Bonchev–Trinajstić information content (AvgIpc) is 1.80. The van der Waals surface area contributed by atoms with Crippen LogP contribution in [0.25, 0.3) is 0 Å². The van der Waals surface area contributed by atoms with Gasteiger partial charge in [-0.2, -0.15) is 20.8 Å². The predicted octanol–water partition coefficient (Wildman–Crippen LogP) is 10.7. The number of carboxylic acid groups (broad SMARTS) is 1. The Hall–Kier alpha value is -4.84. The molecule has 0 aromatic carbocycles. The van der Waals surface area contributed by atoms with E-state index < -0.39 is 39.2 Å². The fourth-order valence-corrected chi connectivity index (χ4v) is 15.9. The molecule has 1 aliphatic carbocycles. The van der Waals surface area contributed by atoms with Crippen molar-refractivity contribution in [2.45, 2.75) is 306 Å². The number of nitrogens with one attached hydrogen (secondary N) is 4. The monoisotopic (exact) mass is 1870 g/mol. The number of Topliss-reactive ketones (excluding diaryl/α,β-unsaturated/α-hetero) is 1. The maximum absolute atomic E-state index is 12.4. The van der Waals surface area contributed by atoms with Gasteiger partial charge in [-0.05, 0) is 270 Å². The number of likely N-dealkylation sites (tertiary alicyclic amines) is 4. The number of halogens is 3. The van der Waals surface area contributed by atoms with E-state index in [9.17, 15) is 52.7 Å². The smallest absolute Gasteiger partial charge is 1.00 e. The Balaban J connectivity index is -0.000000671. The predicted molar refractivity (Wildman–Crippen MR) is 482 cm³/mol. The Morgan fingerprint density at radius 2 is 0.772 bits per heavy atom. The topological polar surface area (TPSA) is 424 Å². The number of ether oxygens (including phenoxy) is 8. The summed E-state index contributed by atoms with van der Waals surface area (Å²) < 4.78 is 40.8. The molecule has 123 heavy (non-hydrogen) atoms. The van der Waals surface area contributed by atoms with Crippen molar-refractivity contribution in [1.82, 2.24) is 47.0 Å². The van der Waals surface area contributed by atoms with E-state index in [0.717, 1.165) is 187 Å². The molecule has 716 valence electrons. The molecule has 1 saturated carbocycles. The number of aliphatic carboxylic acids is 1. The van der Waals surface area contributed by atoms with E-state index in [1.54, 1.807) is 19.6 Å². The summed E-state index contributed by atoms with van der Waals surface area (Å²) in [5.41, 5.74) is 2.51. The normalized spacial score (nSPS) is 19.3. The molecule has 9 aliphatic rings. The van der Waals surface area contributed by atoms with Gasteiger partial charge < -0.3 is 119 Å². The molecule has 8 aliphatic heterocycles. The summed E-state index contributed by atoms with van der Waals surface area (Å²) in [7, 11) is 6.70. The molecular formula is C88H165BrCl2MgN10O21. The third kappa shape index (κ3) is 49.5. The average molecular weight is 1870 g/mol. The number of nitrogens with zero attached hydrogens (tertiary/aromatic N) is 4. The summed E-state index contributed by atoms with van der Waals surface area (Å²) in [4.78, 5) is 136. The van der Waals surface area contributed by atoms with Crippen molar-refractivity contribution in [2.24, 2.45) is 45.1 Å². The minimum absolute atomic E-state index is 0. The molecular weight excluding hydrogens is 1710 g/mol. The number of hydrogen-bond donors (Lipinski definition) is 8. The number of methoxy groups -OCH3 is 4. The standard InChI is InChI=1S/C16H28BrNO4.C16H30N2O4.C16H27NO3.C12H21NO4.C10H18N2O.C7H13NO2.C6H11NO2.C4H9.CH4O.2ClH.Mg.H3N/c2*1-15(2,3)22-14(20)18-11-8-16(9-12-18,13(19)21-4)7-5-6-10-17;1-15(2,3)20-14(19)17-11-9-16(10-12-17)8-6-4-5-7-13(16)18;1-12(2,3)17-11(15)13-7-5-9(6-8-13)10(14)16-4;13-9-10(3-1-2-6-12-9)4-7-11-8-5-10;1-10-7(9)6-2-4-8-5-3-6;8-6(9)5-1-3-7-4-2-5;1-4(2)3;1-2;;;;/h5-12H2,1-4H3;5-12,17H2,1-4H3;4-12H2,1-3H3;9H,5-8H2,1-4H3;11H,1-8H2,(H,12,13);6,8H,2-5H2,1H3;5,7H,1-4H2,(H,8,9);1-3H3;2H,1H3;2*1H;;1H3/q;;;;;;;-1;;;;+2;/p-1. The van der Waals surface area contributed by atoms with Crippen LogP contribution >= 0.6 is 28.3 Å². The van der Waals surface area contributed by atoms with E-state index in [4.69, 9.17) is 49.1 Å². The van der Waals surface area contributed by atoms with E-state index in [1.807, 2.05) is 83.1 Å². The van der Waals surface area contributed by atoms with Crippen LogP contribution in [0.5, 0.6) is 0 Å². The molecule has 0 aromatic heterocycles. The molecule has 35 heteroatoms. The number of rotatable bonds is 13. The van der Waals surface area contributed by atoms with Gasteiger partial charge in [0.05, 0.1) is 62.4 Å². The maximum atomic E-state index is 12.4. The number of aliphatic hydroxyl groups is 1. The number of unbranched alkanes of at least 4 members (excludes halogenated alkanes) is 2. The molecule has 0 aromatic rings. The van der Waals surface area contributed by atoms with Crippen LogP contribution in [0, 0.1) is 45.3 Å². The van der Waals surface area contributed by atoms with Gasteiger partial charge >= 0.3 is 77.3 Å². The van der Waals surface area contributed by atoms with E-state index in [-0.39, 0.29) is 131 Å². The largest absolute Gasteiger partial charge is 2.00 e. The number of alkyl halides is 1. The number of piperidine rings is 7. The van der Waals surface area contributed by atoms with Crippen molar-refractivity contribution in [2.75, 3.05) is 146 Å². The summed E-state index contributed by atoms with van der Waals surface area (Å²) in [5.74, 6) is 0.924. The fraction of sp³-hybridized carbons (Fsp3) is 0.864. The van der Waals surface area contributed by atoms with Crippen LogP contribution in [-0.2, 0) is 71.5 Å². The molecule has 8 heterocycles. The number of carbonyl (C=O) groups is 11. The van der Waals surface area contributed by atoms with Crippen LogP contribution in [0.2, 0.25) is 0 Å². The molecule has 9 fully saturated rings. The Kier molecular flexibility index (Phi) is 64.8. The van der Waals surface area contributed by atoms with E-state index >= 15 is 0 Å². The SMILES string of the molecule is CC(C)(C)OC(=O)N1CCC2(CCCCCC2=O)CC1.CO.COC(=O)C1(CCCCBr)CCN(C(=O)OC(C)(C)C)CC1.COC(=O)C1(CCCCN)CCN(C(=O)OC(C)(C)C)CC1.COC(=O)C1CCN(C(=O)OC(C)(C)C)CC1.COC(=O)C1CCNCC1.C[C-](C)C.Cl.N.O=C(O)C1CCNCC1.O=C1NCCCCC12CCNCC2.[Cl-].[Mg+2]. The first kappa shape index (κ1) is 124. The second-order valence-electron chi connectivity index (χ2n) is 37.0. The molecule has 11 N–H and O–H groups in total. The summed E-state index contributed by atoms with van der Waals surface area (Å²) in [5, 5.41) is 29.1. The summed E-state index contributed by atoms with van der Waals surface area (Å²) in [6, 6.07) is 0. The van der Waals surface area contributed by atoms with Gasteiger partial charge in [0.15, 0.2) is 0 Å². The van der Waals surface area contributed by atoms with Gasteiger partial charge in [-0.15, -0.1) is 12.4 Å². The van der Waals surface area contributed by atoms with Crippen molar-refractivity contribution in [3.05, 3.63) is 5.92 Å². The van der Waals surface area contributed by atoms with Gasteiger partial charge in [0.1, 0.15) is 28.2 Å². The zero-order valence-corrected chi connectivity index (χ0v) is 83.7. The van der Waals surface area contributed by atoms with Crippen molar-refractivity contribution in [1.29, 1.82) is 0 Å². The molecule has 5 amide bonds. The van der Waals surface area contributed by atoms with Crippen molar-refractivity contribution >= 4 is 117 Å². The van der Waals surface area contributed by atoms with Crippen molar-refractivity contribution in [3.63, 3.8) is 0 Å². The molecule has 31 nitrogen and oxygen atoms in total. The van der Waals surface area contributed by atoms with Gasteiger partial charge in [-0.1, -0.05) is 48.0 Å². The maximum Gasteiger partial charge on any atom is 2.00 e. The Morgan fingerprint density at radius 1 is 0.447 bits per heavy atom. The van der Waals surface area contributed by atoms with E-state index in [2.05, 4.69) is 62.7 Å². The van der Waals surface area contributed by atoms with Crippen LogP contribution < -0.4 is 45.6 Å². The van der Waals surface area contributed by atoms with Crippen LogP contribution in [0.1, 0.15) is 284 Å². The Labute approximate surface area is 775 Å². The van der Waals surface area contributed by atoms with Crippen LogP contribution in [0.4, 0.5) is 19.2 Å². The third-order valence-electron chi connectivity index (χ3n) is 22.3. The van der Waals surface area contributed by atoms with Crippen molar-refractivity contribution in [3.8, 4) is 0 Å². The molecule has 0 radical (unpaired) electrons. The molecule has 0 atom stereocenters. The molecule has 9 rings (SSSR count). The fourth-order valence-electron chi connectivity index (χ4n) is 15.5. The van der Waals surface area contributed by atoms with Gasteiger partial charge in [-0.3, -0.25) is 33.6 Å². The number of nitrogens with two attached hydrogens (primary N) is 1. The van der Waals surface area contributed by atoms with Gasteiger partial charge in [-0.25, -0.2) is 19.2 Å². The van der Waals surface area contributed by atoms with Crippen LogP contribution in [0.15, 0.2) is 0 Å². The van der Waals surface area contributed by atoms with E-state index in [0.29, 0.717) is 109 Å². The second-order valence-corrected chi connectivity index (χ2v) is 37.8. The number of ketones is 1. The third-order valence-corrected chi connectivity index (χ3v) is 22.9. The van der Waals surface area contributed by atoms with Crippen LogP contribution in [-0.4, -0.2) is 287 Å². The molecule has 0 bridgehead atoms. The number of esters is 4. The zero-order chi connectivity index (χ0) is 90.3. The van der Waals surface area contributed by atoms with E-state index in [1.165, 1.54) is 47.2 Å². The first-order chi connectivity index (χ1) is 55.8. The molecule has 2 spiro atoms. The van der Waals surface area contributed by atoms with Gasteiger partial charge in [0, 0.05) is 83.2 Å². The summed E-state index contributed by atoms with van der Waals surface area (Å²) in [6.07, 6.45) is 23.7. The van der Waals surface area contributed by atoms with Gasteiger partial charge in [0.25, 0.3) is 0 Å².